The van der Waals surface area contributed by atoms with Gasteiger partial charge in [0.25, 0.3) is 0 Å². The minimum absolute atomic E-state index is 0.0494. The van der Waals surface area contributed by atoms with Gasteiger partial charge in [-0.3, -0.25) is 9.59 Å². The molecule has 1 heterocycles. The van der Waals surface area contributed by atoms with E-state index in [1.54, 1.807) is 20.8 Å². The first-order chi connectivity index (χ1) is 9.27. The fourth-order valence-corrected chi connectivity index (χ4v) is 3.34. The molecule has 1 aliphatic heterocycles. The number of nitrogens with zero attached hydrogens (tertiary/aromatic N) is 1. The summed E-state index contributed by atoms with van der Waals surface area (Å²) in [6.07, 6.45) is 0. The summed E-state index contributed by atoms with van der Waals surface area (Å²) in [5, 5.41) is 2.57. The Balaban J connectivity index is 2.97. The summed E-state index contributed by atoms with van der Waals surface area (Å²) in [6, 6.07) is -0.645. The van der Waals surface area contributed by atoms with E-state index >= 15 is 0 Å². The van der Waals surface area contributed by atoms with Crippen molar-refractivity contribution in [1.82, 2.24) is 10.2 Å². The molecule has 0 aromatic carbocycles. The van der Waals surface area contributed by atoms with Crippen molar-refractivity contribution in [2.24, 2.45) is 5.41 Å². The van der Waals surface area contributed by atoms with Gasteiger partial charge in [-0.05, 0) is 26.2 Å². The minimum atomic E-state index is -3.33. The monoisotopic (exact) mass is 318 g/mol. The van der Waals surface area contributed by atoms with Crippen LogP contribution in [0.1, 0.15) is 41.5 Å². The number of sulfone groups is 1. The van der Waals surface area contributed by atoms with Crippen LogP contribution in [0, 0.1) is 5.41 Å². The highest BCUT2D eigenvalue weighted by Crippen LogP contribution is 2.27. The van der Waals surface area contributed by atoms with Gasteiger partial charge in [-0.1, -0.05) is 20.8 Å². The number of hydrogen-bond acceptors (Lipinski definition) is 4. The average Bonchev–Trinajstić information content (AvgIpc) is 2.26. The standard InChI is InChI=1S/C14H26N2O4S/c1-13(2,3)11-12(18)15-9-10(17)16(11)7-8-21(19,20)14(4,5)6/h11H,7-9H2,1-6H3,(H,15,18). The lowest BCUT2D eigenvalue weighted by atomic mass is 9.84. The van der Waals surface area contributed by atoms with Crippen LogP contribution in [0.15, 0.2) is 0 Å². The van der Waals surface area contributed by atoms with Crippen LogP contribution in [0.5, 0.6) is 0 Å². The van der Waals surface area contributed by atoms with Gasteiger partial charge >= 0.3 is 0 Å². The predicted octanol–water partition coefficient (Wildman–Crippen LogP) is 0.573. The predicted molar refractivity (Wildman–Crippen MR) is 81.5 cm³/mol. The number of carbonyl (C=O) groups excluding carboxylic acids is 2. The van der Waals surface area contributed by atoms with Gasteiger partial charge in [-0.15, -0.1) is 0 Å². The Hall–Kier alpha value is -1.11. The zero-order valence-electron chi connectivity index (χ0n) is 13.7. The summed E-state index contributed by atoms with van der Waals surface area (Å²) in [6.45, 7) is 10.5. The average molecular weight is 318 g/mol. The molecule has 0 saturated carbocycles. The maximum absolute atomic E-state index is 12.2. The fraction of sp³-hybridized carbons (Fsp3) is 0.857. The first-order valence-corrected chi connectivity index (χ1v) is 8.72. The van der Waals surface area contributed by atoms with Gasteiger partial charge in [0, 0.05) is 6.54 Å². The van der Waals surface area contributed by atoms with Crippen molar-refractivity contribution in [3.05, 3.63) is 0 Å². The van der Waals surface area contributed by atoms with Crippen LogP contribution >= 0.6 is 0 Å². The Morgan fingerprint density at radius 3 is 2.10 bits per heavy atom. The SMILES string of the molecule is CC(C)(C)C1C(=O)NCC(=O)N1CCS(=O)(=O)C(C)(C)C. The van der Waals surface area contributed by atoms with Crippen molar-refractivity contribution < 1.29 is 18.0 Å². The lowest BCUT2D eigenvalue weighted by Crippen LogP contribution is -2.63. The van der Waals surface area contributed by atoms with E-state index in [1.807, 2.05) is 20.8 Å². The third-order valence-corrected chi connectivity index (χ3v) is 6.23. The highest BCUT2D eigenvalue weighted by Gasteiger charge is 2.42. The molecule has 0 aliphatic carbocycles. The molecule has 1 saturated heterocycles. The molecule has 0 radical (unpaired) electrons. The van der Waals surface area contributed by atoms with Crippen molar-refractivity contribution in [3.8, 4) is 0 Å². The van der Waals surface area contributed by atoms with Gasteiger partial charge < -0.3 is 10.2 Å². The van der Waals surface area contributed by atoms with Crippen LogP contribution in [-0.2, 0) is 19.4 Å². The molecule has 1 fully saturated rings. The lowest BCUT2D eigenvalue weighted by molar-refractivity contribution is -0.149. The normalized spacial score (nSPS) is 21.4. The number of carbonyl (C=O) groups is 2. The highest BCUT2D eigenvalue weighted by atomic mass is 32.2. The quantitative estimate of drug-likeness (QED) is 0.825. The van der Waals surface area contributed by atoms with Crippen LogP contribution in [0.2, 0.25) is 0 Å². The molecule has 0 aromatic heterocycles. The lowest BCUT2D eigenvalue weighted by Gasteiger charge is -2.42. The second-order valence-electron chi connectivity index (χ2n) is 7.50. The molecule has 1 N–H and O–H groups in total. The van der Waals surface area contributed by atoms with E-state index in [1.165, 1.54) is 4.90 Å². The summed E-state index contributed by atoms with van der Waals surface area (Å²) >= 11 is 0. The van der Waals surface area contributed by atoms with Crippen LogP contribution < -0.4 is 5.32 Å². The first-order valence-electron chi connectivity index (χ1n) is 7.07. The van der Waals surface area contributed by atoms with E-state index in [4.69, 9.17) is 0 Å². The van der Waals surface area contributed by atoms with E-state index in [0.717, 1.165) is 0 Å². The molecule has 1 unspecified atom stereocenters. The summed E-state index contributed by atoms with van der Waals surface area (Å²) in [5.74, 6) is -0.601. The molecule has 0 spiro atoms. The van der Waals surface area contributed by atoms with Gasteiger partial charge in [-0.2, -0.15) is 0 Å². The van der Waals surface area contributed by atoms with Gasteiger partial charge in [-0.25, -0.2) is 8.42 Å². The van der Waals surface area contributed by atoms with Crippen LogP contribution in [0.4, 0.5) is 0 Å². The van der Waals surface area contributed by atoms with Crippen molar-refractivity contribution in [3.63, 3.8) is 0 Å². The van der Waals surface area contributed by atoms with Crippen LogP contribution in [-0.4, -0.2) is 54.8 Å². The second-order valence-corrected chi connectivity index (χ2v) is 10.4. The molecular weight excluding hydrogens is 292 g/mol. The third-order valence-electron chi connectivity index (χ3n) is 3.65. The molecule has 7 heteroatoms. The Morgan fingerprint density at radius 2 is 1.67 bits per heavy atom. The maximum Gasteiger partial charge on any atom is 0.243 e. The number of nitrogens with one attached hydrogen (secondary N) is 1. The summed E-state index contributed by atoms with van der Waals surface area (Å²) in [7, 11) is -3.33. The second kappa shape index (κ2) is 5.59. The maximum atomic E-state index is 12.2. The third kappa shape index (κ3) is 3.96. The highest BCUT2D eigenvalue weighted by molar-refractivity contribution is 7.92. The van der Waals surface area contributed by atoms with E-state index < -0.39 is 26.0 Å². The molecule has 0 aromatic rings. The van der Waals surface area contributed by atoms with E-state index in [0.29, 0.717) is 0 Å². The molecule has 1 atom stereocenters. The van der Waals surface area contributed by atoms with Gasteiger partial charge in [0.15, 0.2) is 9.84 Å². The summed E-state index contributed by atoms with van der Waals surface area (Å²) in [5.41, 5.74) is -0.453. The zero-order valence-corrected chi connectivity index (χ0v) is 14.5. The van der Waals surface area contributed by atoms with Crippen molar-refractivity contribution in [2.45, 2.75) is 52.3 Å². The smallest absolute Gasteiger partial charge is 0.243 e. The number of amides is 2. The van der Waals surface area contributed by atoms with Gasteiger partial charge in [0.1, 0.15) is 6.04 Å². The Morgan fingerprint density at radius 1 is 1.14 bits per heavy atom. The van der Waals surface area contributed by atoms with E-state index in [-0.39, 0.29) is 30.7 Å². The fourth-order valence-electron chi connectivity index (χ4n) is 2.29. The molecule has 1 rings (SSSR count). The number of hydrogen-bond donors (Lipinski definition) is 1. The Labute approximate surface area is 127 Å². The molecule has 1 aliphatic rings. The summed E-state index contributed by atoms with van der Waals surface area (Å²) in [4.78, 5) is 25.5. The van der Waals surface area contributed by atoms with Crippen LogP contribution in [0.25, 0.3) is 0 Å². The van der Waals surface area contributed by atoms with Crippen molar-refractivity contribution in [2.75, 3.05) is 18.8 Å². The number of rotatable bonds is 3. The van der Waals surface area contributed by atoms with Crippen molar-refractivity contribution in [1.29, 1.82) is 0 Å². The molecule has 2 amide bonds. The van der Waals surface area contributed by atoms with Gasteiger partial charge in [0.2, 0.25) is 11.8 Å². The van der Waals surface area contributed by atoms with E-state index in [9.17, 15) is 18.0 Å². The van der Waals surface area contributed by atoms with Gasteiger partial charge in [0.05, 0.1) is 17.0 Å². The molecule has 21 heavy (non-hydrogen) atoms. The molecule has 6 nitrogen and oxygen atoms in total. The van der Waals surface area contributed by atoms with E-state index in [2.05, 4.69) is 5.32 Å². The number of piperazine rings is 1. The molecular formula is C14H26N2O4S. The largest absolute Gasteiger partial charge is 0.345 e. The Bertz CT molecular complexity index is 526. The topological polar surface area (TPSA) is 83.6 Å². The minimum Gasteiger partial charge on any atom is -0.345 e. The Kier molecular flexibility index (Phi) is 4.77. The summed E-state index contributed by atoms with van der Waals surface area (Å²) < 4.78 is 23.5. The molecule has 0 bridgehead atoms. The van der Waals surface area contributed by atoms with Crippen LogP contribution in [0.3, 0.4) is 0 Å². The molecule has 122 valence electrons. The van der Waals surface area contributed by atoms with Crippen molar-refractivity contribution >= 4 is 21.7 Å². The zero-order chi connectivity index (χ0) is 16.6. The first kappa shape index (κ1) is 17.9.